The van der Waals surface area contributed by atoms with Crippen molar-refractivity contribution in [2.24, 2.45) is 5.73 Å². The Morgan fingerprint density at radius 2 is 1.90 bits per heavy atom. The molecule has 2 heterocycles. The lowest BCUT2D eigenvalue weighted by molar-refractivity contribution is 0.0995. The monoisotopic (exact) mass is 277 g/mol. The molecule has 2 rings (SSSR count). The lowest BCUT2D eigenvalue weighted by atomic mass is 10.2. The van der Waals surface area contributed by atoms with Crippen molar-refractivity contribution in [3.05, 3.63) is 24.0 Å². The van der Waals surface area contributed by atoms with Gasteiger partial charge in [-0.15, -0.1) is 0 Å². The van der Waals surface area contributed by atoms with Crippen molar-refractivity contribution in [2.45, 2.75) is 0 Å². The summed E-state index contributed by atoms with van der Waals surface area (Å²) in [4.78, 5) is 32.4. The largest absolute Gasteiger partial charge is 0.368 e. The summed E-state index contributed by atoms with van der Waals surface area (Å²) in [7, 11) is 3.49. The van der Waals surface area contributed by atoms with E-state index in [0.717, 1.165) is 18.8 Å². The molecule has 0 aliphatic carbocycles. The quantitative estimate of drug-likeness (QED) is 0.824. The van der Waals surface area contributed by atoms with E-state index in [-0.39, 0.29) is 11.7 Å². The average Bonchev–Trinajstić information content (AvgIpc) is 2.46. The zero-order valence-corrected chi connectivity index (χ0v) is 11.7. The summed E-state index contributed by atoms with van der Waals surface area (Å²) in [6.45, 7) is 2.76. The molecule has 1 aliphatic rings. The van der Waals surface area contributed by atoms with Gasteiger partial charge < -0.3 is 20.4 Å². The molecule has 1 aromatic rings. The number of carbonyl (C=O) groups is 2. The number of amides is 3. The lowest BCUT2D eigenvalue weighted by Crippen LogP contribution is -2.51. The van der Waals surface area contributed by atoms with Crippen LogP contribution in [0.15, 0.2) is 18.3 Å². The van der Waals surface area contributed by atoms with E-state index in [1.807, 2.05) is 11.0 Å². The fraction of sp³-hybridized carbons (Fsp3) is 0.462. The number of piperazine rings is 1. The normalized spacial score (nSPS) is 15.1. The number of pyridine rings is 1. The van der Waals surface area contributed by atoms with Gasteiger partial charge in [-0.1, -0.05) is 0 Å². The second-order valence-electron chi connectivity index (χ2n) is 4.91. The van der Waals surface area contributed by atoms with Crippen molar-refractivity contribution in [1.29, 1.82) is 0 Å². The molecule has 20 heavy (non-hydrogen) atoms. The molecule has 108 valence electrons. The number of hydrogen-bond acceptors (Lipinski definition) is 4. The molecule has 2 N–H and O–H groups in total. The summed E-state index contributed by atoms with van der Waals surface area (Å²) in [5.74, 6) is -0.534. The Hall–Kier alpha value is -2.31. The Bertz CT molecular complexity index is 509. The summed E-state index contributed by atoms with van der Waals surface area (Å²) >= 11 is 0. The second kappa shape index (κ2) is 5.77. The number of nitrogens with two attached hydrogens (primary N) is 1. The SMILES string of the molecule is CN(C)C(=O)N1CCN(c2ccnc(C(N)=O)c2)CC1. The maximum absolute atomic E-state index is 11.8. The standard InChI is InChI=1S/C13H19N5O2/c1-16(2)13(20)18-7-5-17(6-8-18)10-3-4-15-11(9-10)12(14)19/h3-4,9H,5-8H2,1-2H3,(H2,14,19). The van der Waals surface area contributed by atoms with Gasteiger partial charge in [0.15, 0.2) is 0 Å². The number of anilines is 1. The number of nitrogens with zero attached hydrogens (tertiary/aromatic N) is 4. The van der Waals surface area contributed by atoms with Gasteiger partial charge in [0.05, 0.1) is 0 Å². The van der Waals surface area contributed by atoms with Crippen LogP contribution in [0.5, 0.6) is 0 Å². The van der Waals surface area contributed by atoms with Crippen LogP contribution in [0.4, 0.5) is 10.5 Å². The van der Waals surface area contributed by atoms with E-state index in [1.165, 1.54) is 0 Å². The molecule has 1 aliphatic heterocycles. The van der Waals surface area contributed by atoms with Crippen LogP contribution in [0.2, 0.25) is 0 Å². The third kappa shape index (κ3) is 2.98. The highest BCUT2D eigenvalue weighted by Gasteiger charge is 2.22. The number of primary amides is 1. The van der Waals surface area contributed by atoms with Gasteiger partial charge in [0, 0.05) is 52.2 Å². The van der Waals surface area contributed by atoms with E-state index in [2.05, 4.69) is 9.88 Å². The zero-order chi connectivity index (χ0) is 14.7. The maximum atomic E-state index is 11.8. The van der Waals surface area contributed by atoms with E-state index < -0.39 is 5.91 Å². The number of urea groups is 1. The first-order valence-corrected chi connectivity index (χ1v) is 6.46. The van der Waals surface area contributed by atoms with Crippen LogP contribution in [0, 0.1) is 0 Å². The summed E-state index contributed by atoms with van der Waals surface area (Å²) in [6.07, 6.45) is 1.58. The van der Waals surface area contributed by atoms with Crippen LogP contribution in [0.25, 0.3) is 0 Å². The minimum absolute atomic E-state index is 0.0252. The zero-order valence-electron chi connectivity index (χ0n) is 11.7. The molecule has 0 atom stereocenters. The predicted octanol–water partition coefficient (Wildman–Crippen LogP) is -0.0159. The predicted molar refractivity (Wildman–Crippen MR) is 75.6 cm³/mol. The molecule has 1 saturated heterocycles. The van der Waals surface area contributed by atoms with E-state index in [1.54, 1.807) is 31.3 Å². The van der Waals surface area contributed by atoms with Gasteiger partial charge in [0.1, 0.15) is 5.69 Å². The Kier molecular flexibility index (Phi) is 4.07. The van der Waals surface area contributed by atoms with Gasteiger partial charge in [0.2, 0.25) is 0 Å². The van der Waals surface area contributed by atoms with Gasteiger partial charge in [-0.25, -0.2) is 4.79 Å². The van der Waals surface area contributed by atoms with E-state index in [0.29, 0.717) is 13.1 Å². The molecule has 0 radical (unpaired) electrons. The molecule has 1 aromatic heterocycles. The van der Waals surface area contributed by atoms with Crippen molar-refractivity contribution in [2.75, 3.05) is 45.2 Å². The lowest BCUT2D eigenvalue weighted by Gasteiger charge is -2.37. The van der Waals surface area contributed by atoms with Crippen LogP contribution < -0.4 is 10.6 Å². The third-order valence-electron chi connectivity index (χ3n) is 3.29. The first-order valence-electron chi connectivity index (χ1n) is 6.46. The molecular formula is C13H19N5O2. The average molecular weight is 277 g/mol. The molecule has 0 spiro atoms. The maximum Gasteiger partial charge on any atom is 0.319 e. The molecular weight excluding hydrogens is 258 g/mol. The fourth-order valence-corrected chi connectivity index (χ4v) is 2.19. The second-order valence-corrected chi connectivity index (χ2v) is 4.91. The molecule has 1 fully saturated rings. The smallest absolute Gasteiger partial charge is 0.319 e. The summed E-state index contributed by atoms with van der Waals surface area (Å²) < 4.78 is 0. The third-order valence-corrected chi connectivity index (χ3v) is 3.29. The molecule has 0 unspecified atom stereocenters. The molecule has 7 heteroatoms. The minimum Gasteiger partial charge on any atom is -0.368 e. The van der Waals surface area contributed by atoms with E-state index >= 15 is 0 Å². The van der Waals surface area contributed by atoms with Gasteiger partial charge in [-0.3, -0.25) is 9.78 Å². The summed E-state index contributed by atoms with van der Waals surface area (Å²) in [5, 5.41) is 0. The number of carbonyl (C=O) groups excluding carboxylic acids is 2. The van der Waals surface area contributed by atoms with Crippen LogP contribution >= 0.6 is 0 Å². The van der Waals surface area contributed by atoms with Crippen molar-refractivity contribution in [3.8, 4) is 0 Å². The summed E-state index contributed by atoms with van der Waals surface area (Å²) in [5.41, 5.74) is 6.40. The van der Waals surface area contributed by atoms with Crippen molar-refractivity contribution in [1.82, 2.24) is 14.8 Å². The summed E-state index contributed by atoms with van der Waals surface area (Å²) in [6, 6.07) is 3.55. The Morgan fingerprint density at radius 1 is 1.25 bits per heavy atom. The van der Waals surface area contributed by atoms with Crippen LogP contribution in [-0.2, 0) is 0 Å². The number of aromatic nitrogens is 1. The Morgan fingerprint density at radius 3 is 2.45 bits per heavy atom. The highest BCUT2D eigenvalue weighted by Crippen LogP contribution is 2.17. The van der Waals surface area contributed by atoms with Crippen molar-refractivity contribution < 1.29 is 9.59 Å². The van der Waals surface area contributed by atoms with Gasteiger partial charge in [0.25, 0.3) is 5.91 Å². The van der Waals surface area contributed by atoms with Crippen LogP contribution in [-0.4, -0.2) is 67.0 Å². The van der Waals surface area contributed by atoms with Crippen molar-refractivity contribution >= 4 is 17.6 Å². The van der Waals surface area contributed by atoms with E-state index in [9.17, 15) is 9.59 Å². The first-order chi connectivity index (χ1) is 9.49. The Labute approximate surface area is 118 Å². The minimum atomic E-state index is -0.534. The van der Waals surface area contributed by atoms with Crippen molar-refractivity contribution in [3.63, 3.8) is 0 Å². The molecule has 0 aromatic carbocycles. The van der Waals surface area contributed by atoms with Gasteiger partial charge in [-0.05, 0) is 12.1 Å². The number of rotatable bonds is 2. The van der Waals surface area contributed by atoms with Gasteiger partial charge in [-0.2, -0.15) is 0 Å². The highest BCUT2D eigenvalue weighted by molar-refractivity contribution is 5.91. The molecule has 7 nitrogen and oxygen atoms in total. The molecule has 3 amide bonds. The Balaban J connectivity index is 2.02. The van der Waals surface area contributed by atoms with E-state index in [4.69, 9.17) is 5.73 Å². The number of hydrogen-bond donors (Lipinski definition) is 1. The van der Waals surface area contributed by atoms with Gasteiger partial charge >= 0.3 is 6.03 Å². The first kappa shape index (κ1) is 14.1. The van der Waals surface area contributed by atoms with Crippen LogP contribution in [0.3, 0.4) is 0 Å². The fourth-order valence-electron chi connectivity index (χ4n) is 2.19. The topological polar surface area (TPSA) is 82.8 Å². The molecule has 0 bridgehead atoms. The van der Waals surface area contributed by atoms with Crippen LogP contribution in [0.1, 0.15) is 10.5 Å². The highest BCUT2D eigenvalue weighted by atomic mass is 16.2. The molecule has 0 saturated carbocycles.